The van der Waals surface area contributed by atoms with Gasteiger partial charge in [-0.2, -0.15) is 5.10 Å². The Balaban J connectivity index is 2.24. The third kappa shape index (κ3) is 3.12. The first-order valence-corrected chi connectivity index (χ1v) is 6.53. The van der Waals surface area contributed by atoms with E-state index in [1.54, 1.807) is 0 Å². The van der Waals surface area contributed by atoms with Crippen molar-refractivity contribution in [3.8, 4) is 0 Å². The molecule has 2 rings (SSSR count). The summed E-state index contributed by atoms with van der Waals surface area (Å²) in [4.78, 5) is 4.22. The van der Waals surface area contributed by atoms with E-state index in [9.17, 15) is 4.39 Å². The Labute approximate surface area is 117 Å². The number of rotatable bonds is 6. The summed E-state index contributed by atoms with van der Waals surface area (Å²) in [6.45, 7) is 2.85. The van der Waals surface area contributed by atoms with Crippen LogP contribution >= 0.6 is 0 Å². The van der Waals surface area contributed by atoms with Gasteiger partial charge in [-0.25, -0.2) is 9.37 Å². The van der Waals surface area contributed by atoms with Crippen LogP contribution in [0.4, 0.5) is 10.1 Å². The summed E-state index contributed by atoms with van der Waals surface area (Å²) in [5.74, 6) is 6.03. The van der Waals surface area contributed by atoms with Gasteiger partial charge in [-0.15, -0.1) is 0 Å². The van der Waals surface area contributed by atoms with Crippen LogP contribution in [0, 0.1) is 5.82 Å². The third-order valence-corrected chi connectivity index (χ3v) is 3.14. The minimum atomic E-state index is -0.343. The summed E-state index contributed by atoms with van der Waals surface area (Å²) < 4.78 is 15.2. The van der Waals surface area contributed by atoms with E-state index in [1.165, 1.54) is 24.5 Å². The van der Waals surface area contributed by atoms with Gasteiger partial charge in [-0.1, -0.05) is 6.92 Å². The minimum Gasteiger partial charge on any atom is -0.398 e. The maximum atomic E-state index is 13.4. The molecule has 2 aromatic rings. The van der Waals surface area contributed by atoms with E-state index in [4.69, 9.17) is 11.6 Å². The number of hydrogen-bond donors (Lipinski definition) is 3. The fraction of sp³-hybridized carbons (Fsp3) is 0.385. The standard InChI is InChI=1S/C13H19FN6/c1-2-5-20-13(17-8-18-20)7-12(19-16)10-6-9(14)3-4-11(10)15/h3-4,6,8,12,19H,2,5,7,15-16H2,1H3. The first-order chi connectivity index (χ1) is 9.65. The number of benzene rings is 1. The molecule has 0 spiro atoms. The van der Waals surface area contributed by atoms with Gasteiger partial charge in [-0.3, -0.25) is 16.0 Å². The van der Waals surface area contributed by atoms with Crippen molar-refractivity contribution in [1.29, 1.82) is 0 Å². The molecule has 0 aliphatic heterocycles. The van der Waals surface area contributed by atoms with Crippen LogP contribution in [0.5, 0.6) is 0 Å². The van der Waals surface area contributed by atoms with Crippen LogP contribution in [0.3, 0.4) is 0 Å². The molecule has 0 radical (unpaired) electrons. The summed E-state index contributed by atoms with van der Waals surface area (Å²) >= 11 is 0. The largest absolute Gasteiger partial charge is 0.398 e. The van der Waals surface area contributed by atoms with Crippen molar-refractivity contribution in [1.82, 2.24) is 20.2 Å². The lowest BCUT2D eigenvalue weighted by Crippen LogP contribution is -2.31. The van der Waals surface area contributed by atoms with E-state index in [0.717, 1.165) is 18.8 Å². The van der Waals surface area contributed by atoms with Crippen molar-refractivity contribution in [2.45, 2.75) is 32.4 Å². The monoisotopic (exact) mass is 278 g/mol. The third-order valence-electron chi connectivity index (χ3n) is 3.14. The number of halogens is 1. The van der Waals surface area contributed by atoms with E-state index in [1.807, 2.05) is 4.68 Å². The van der Waals surface area contributed by atoms with Gasteiger partial charge in [0, 0.05) is 18.7 Å². The first kappa shape index (κ1) is 14.4. The highest BCUT2D eigenvalue weighted by Gasteiger charge is 2.17. The van der Waals surface area contributed by atoms with Gasteiger partial charge < -0.3 is 5.73 Å². The Bertz CT molecular complexity index is 568. The molecule has 1 aromatic carbocycles. The number of hydrazine groups is 1. The van der Waals surface area contributed by atoms with Crippen molar-refractivity contribution < 1.29 is 4.39 Å². The highest BCUT2D eigenvalue weighted by Crippen LogP contribution is 2.23. The molecule has 0 saturated heterocycles. The minimum absolute atomic E-state index is 0.314. The molecule has 0 aliphatic carbocycles. The SMILES string of the molecule is CCCn1ncnc1CC(NN)c1cc(F)ccc1N. The molecule has 1 heterocycles. The number of nitrogens with zero attached hydrogens (tertiary/aromatic N) is 3. The van der Waals surface area contributed by atoms with Gasteiger partial charge in [0.15, 0.2) is 0 Å². The average Bonchev–Trinajstić information content (AvgIpc) is 2.87. The molecule has 20 heavy (non-hydrogen) atoms. The second-order valence-electron chi connectivity index (χ2n) is 4.60. The van der Waals surface area contributed by atoms with Crippen molar-refractivity contribution in [2.24, 2.45) is 5.84 Å². The van der Waals surface area contributed by atoms with Crippen LogP contribution in [-0.4, -0.2) is 14.8 Å². The van der Waals surface area contributed by atoms with E-state index >= 15 is 0 Å². The smallest absolute Gasteiger partial charge is 0.138 e. The number of nitrogens with two attached hydrogens (primary N) is 2. The topological polar surface area (TPSA) is 94.8 Å². The number of hydrogen-bond acceptors (Lipinski definition) is 5. The maximum Gasteiger partial charge on any atom is 0.138 e. The zero-order valence-corrected chi connectivity index (χ0v) is 11.4. The molecule has 6 nitrogen and oxygen atoms in total. The predicted molar refractivity (Wildman–Crippen MR) is 74.9 cm³/mol. The number of aryl methyl sites for hydroxylation is 1. The van der Waals surface area contributed by atoms with Gasteiger partial charge in [0.1, 0.15) is 18.0 Å². The molecule has 0 saturated carbocycles. The van der Waals surface area contributed by atoms with Crippen molar-refractivity contribution in [3.63, 3.8) is 0 Å². The van der Waals surface area contributed by atoms with Crippen molar-refractivity contribution >= 4 is 5.69 Å². The van der Waals surface area contributed by atoms with Crippen LogP contribution < -0.4 is 17.0 Å². The molecule has 0 bridgehead atoms. The Morgan fingerprint density at radius 1 is 1.45 bits per heavy atom. The molecule has 5 N–H and O–H groups in total. The molecule has 1 aromatic heterocycles. The van der Waals surface area contributed by atoms with Gasteiger partial charge in [0.2, 0.25) is 0 Å². The van der Waals surface area contributed by atoms with E-state index in [2.05, 4.69) is 22.4 Å². The fourth-order valence-corrected chi connectivity index (χ4v) is 2.13. The highest BCUT2D eigenvalue weighted by atomic mass is 19.1. The molecule has 0 amide bonds. The van der Waals surface area contributed by atoms with Gasteiger partial charge in [0.05, 0.1) is 6.04 Å². The number of aromatic nitrogens is 3. The Morgan fingerprint density at radius 3 is 2.95 bits per heavy atom. The van der Waals surface area contributed by atoms with Crippen LogP contribution in [-0.2, 0) is 13.0 Å². The molecule has 7 heteroatoms. The van der Waals surface area contributed by atoms with Crippen LogP contribution in [0.2, 0.25) is 0 Å². The molecule has 0 aliphatic rings. The second kappa shape index (κ2) is 6.44. The fourth-order valence-electron chi connectivity index (χ4n) is 2.13. The van der Waals surface area contributed by atoms with Gasteiger partial charge in [0.25, 0.3) is 0 Å². The summed E-state index contributed by atoms with van der Waals surface area (Å²) in [7, 11) is 0. The van der Waals surface area contributed by atoms with Crippen molar-refractivity contribution in [3.05, 3.63) is 41.7 Å². The molecular weight excluding hydrogens is 259 g/mol. The van der Waals surface area contributed by atoms with E-state index < -0.39 is 0 Å². The quantitative estimate of drug-likeness (QED) is 0.418. The molecule has 1 atom stereocenters. The highest BCUT2D eigenvalue weighted by molar-refractivity contribution is 5.48. The lowest BCUT2D eigenvalue weighted by atomic mass is 10.0. The Morgan fingerprint density at radius 2 is 2.25 bits per heavy atom. The van der Waals surface area contributed by atoms with Crippen molar-refractivity contribution in [2.75, 3.05) is 5.73 Å². The lowest BCUT2D eigenvalue weighted by Gasteiger charge is -2.18. The lowest BCUT2D eigenvalue weighted by molar-refractivity contribution is 0.497. The summed E-state index contributed by atoms with van der Waals surface area (Å²) in [5, 5.41) is 4.16. The second-order valence-corrected chi connectivity index (χ2v) is 4.60. The maximum absolute atomic E-state index is 13.4. The number of nitrogen functional groups attached to an aromatic ring is 1. The number of anilines is 1. The van der Waals surface area contributed by atoms with Gasteiger partial charge in [-0.05, 0) is 30.2 Å². The van der Waals surface area contributed by atoms with Crippen LogP contribution in [0.15, 0.2) is 24.5 Å². The zero-order valence-electron chi connectivity index (χ0n) is 11.4. The van der Waals surface area contributed by atoms with Crippen LogP contribution in [0.25, 0.3) is 0 Å². The molecule has 0 fully saturated rings. The zero-order chi connectivity index (χ0) is 14.5. The average molecular weight is 278 g/mol. The Hall–Kier alpha value is -1.99. The van der Waals surface area contributed by atoms with Gasteiger partial charge >= 0.3 is 0 Å². The normalized spacial score (nSPS) is 12.6. The number of nitrogens with one attached hydrogen (secondary N) is 1. The Kier molecular flexibility index (Phi) is 4.65. The molecular formula is C13H19FN6. The van der Waals surface area contributed by atoms with E-state index in [0.29, 0.717) is 17.7 Å². The van der Waals surface area contributed by atoms with Crippen LogP contribution in [0.1, 0.15) is 30.8 Å². The first-order valence-electron chi connectivity index (χ1n) is 6.53. The van der Waals surface area contributed by atoms with E-state index in [-0.39, 0.29) is 11.9 Å². The molecule has 1 unspecified atom stereocenters. The summed E-state index contributed by atoms with van der Waals surface area (Å²) in [6.07, 6.45) is 2.96. The summed E-state index contributed by atoms with van der Waals surface area (Å²) in [5.41, 5.74) is 9.67. The summed E-state index contributed by atoms with van der Waals surface area (Å²) in [6, 6.07) is 3.93. The molecule has 108 valence electrons. The predicted octanol–water partition coefficient (Wildman–Crippen LogP) is 1.16.